The molecule has 1 heterocycles. The van der Waals surface area contributed by atoms with Gasteiger partial charge in [0.15, 0.2) is 17.4 Å². The Balaban J connectivity index is 2.18. The van der Waals surface area contributed by atoms with Crippen LogP contribution >= 0.6 is 0 Å². The number of benzene rings is 1. The topological polar surface area (TPSA) is 52.6 Å². The Bertz CT molecular complexity index is 485. The Kier molecular flexibility index (Phi) is 4.54. The number of nitrogens with zero attached hydrogens (tertiary/aromatic N) is 1. The van der Waals surface area contributed by atoms with E-state index in [4.69, 9.17) is 5.11 Å². The molecule has 0 radical (unpaired) electrons. The highest BCUT2D eigenvalue weighted by Crippen LogP contribution is 2.28. The average Bonchev–Trinajstić information content (AvgIpc) is 2.77. The standard InChI is InChI=1S/C14H18F2N2O2/c1-2-3-4-5-18-8-12(19)17-14(18)9-6-10(15)13(20)11(16)7-9/h6-7,14,20H,2-5,8H2,1H3,(H,17,19)/t14-/m1/s1. The van der Waals surface area contributed by atoms with Crippen LogP contribution in [0.3, 0.4) is 0 Å². The second-order valence-corrected chi connectivity index (χ2v) is 4.98. The van der Waals surface area contributed by atoms with Crippen molar-refractivity contribution in [3.8, 4) is 5.75 Å². The summed E-state index contributed by atoms with van der Waals surface area (Å²) in [6.45, 7) is 2.98. The van der Waals surface area contributed by atoms with Gasteiger partial charge in [0.1, 0.15) is 6.17 Å². The van der Waals surface area contributed by atoms with Gasteiger partial charge in [-0.1, -0.05) is 19.8 Å². The van der Waals surface area contributed by atoms with E-state index in [0.717, 1.165) is 31.4 Å². The molecule has 1 amide bonds. The molecule has 1 saturated heterocycles. The number of amides is 1. The minimum Gasteiger partial charge on any atom is -0.503 e. The lowest BCUT2D eigenvalue weighted by molar-refractivity contribution is -0.118. The van der Waals surface area contributed by atoms with E-state index in [2.05, 4.69) is 12.2 Å². The fourth-order valence-corrected chi connectivity index (χ4v) is 2.38. The lowest BCUT2D eigenvalue weighted by atomic mass is 10.1. The third-order valence-electron chi connectivity index (χ3n) is 3.41. The number of halogens is 2. The van der Waals surface area contributed by atoms with E-state index in [1.165, 1.54) is 0 Å². The number of carbonyl (C=O) groups excluding carboxylic acids is 1. The normalized spacial score (nSPS) is 19.4. The molecular weight excluding hydrogens is 266 g/mol. The number of carbonyl (C=O) groups is 1. The van der Waals surface area contributed by atoms with Crippen LogP contribution in [0.15, 0.2) is 12.1 Å². The van der Waals surface area contributed by atoms with Crippen molar-refractivity contribution in [1.82, 2.24) is 10.2 Å². The summed E-state index contributed by atoms with van der Waals surface area (Å²) in [4.78, 5) is 13.4. The summed E-state index contributed by atoms with van der Waals surface area (Å²) in [5.41, 5.74) is 0.306. The molecule has 1 aromatic rings. The van der Waals surface area contributed by atoms with Crippen LogP contribution in [0.2, 0.25) is 0 Å². The van der Waals surface area contributed by atoms with Crippen LogP contribution in [0, 0.1) is 11.6 Å². The van der Waals surface area contributed by atoms with Gasteiger partial charge in [0.25, 0.3) is 0 Å². The number of unbranched alkanes of at least 4 members (excludes halogenated alkanes) is 2. The number of hydrogen-bond donors (Lipinski definition) is 2. The van der Waals surface area contributed by atoms with Crippen LogP contribution in [-0.2, 0) is 4.79 Å². The van der Waals surface area contributed by atoms with Gasteiger partial charge in [0.05, 0.1) is 6.54 Å². The lowest BCUT2D eigenvalue weighted by Crippen LogP contribution is -2.28. The molecule has 0 aliphatic carbocycles. The molecule has 6 heteroatoms. The summed E-state index contributed by atoms with van der Waals surface area (Å²) in [5, 5.41) is 11.8. The van der Waals surface area contributed by atoms with Crippen LogP contribution in [0.1, 0.15) is 37.9 Å². The maximum Gasteiger partial charge on any atom is 0.235 e. The first-order chi connectivity index (χ1) is 9.52. The second kappa shape index (κ2) is 6.17. The highest BCUT2D eigenvalue weighted by atomic mass is 19.1. The summed E-state index contributed by atoms with van der Waals surface area (Å²) in [5.74, 6) is -3.19. The minimum atomic E-state index is -1.02. The van der Waals surface area contributed by atoms with E-state index in [-0.39, 0.29) is 12.5 Å². The van der Waals surface area contributed by atoms with E-state index >= 15 is 0 Å². The van der Waals surface area contributed by atoms with Gasteiger partial charge in [-0.2, -0.15) is 0 Å². The van der Waals surface area contributed by atoms with E-state index in [1.54, 1.807) is 0 Å². The first-order valence-corrected chi connectivity index (χ1v) is 6.74. The molecule has 2 rings (SSSR count). The first-order valence-electron chi connectivity index (χ1n) is 6.74. The molecule has 0 aromatic heterocycles. The summed E-state index contributed by atoms with van der Waals surface area (Å²) in [6, 6.07) is 2.11. The van der Waals surface area contributed by atoms with Crippen LogP contribution in [0.25, 0.3) is 0 Å². The minimum absolute atomic E-state index is 0.166. The molecule has 1 aliphatic rings. The van der Waals surface area contributed by atoms with E-state index in [9.17, 15) is 13.6 Å². The van der Waals surface area contributed by atoms with Crippen LogP contribution in [0.4, 0.5) is 8.78 Å². The number of nitrogens with one attached hydrogen (secondary N) is 1. The Morgan fingerprint density at radius 1 is 1.35 bits per heavy atom. The number of phenolic OH excluding ortho intramolecular Hbond substituents is 1. The molecule has 20 heavy (non-hydrogen) atoms. The van der Waals surface area contributed by atoms with Crippen molar-refractivity contribution >= 4 is 5.91 Å². The molecule has 0 unspecified atom stereocenters. The Labute approximate surface area is 116 Å². The van der Waals surface area contributed by atoms with Gasteiger partial charge in [-0.3, -0.25) is 9.69 Å². The second-order valence-electron chi connectivity index (χ2n) is 4.98. The Hall–Kier alpha value is -1.69. The van der Waals surface area contributed by atoms with Crippen molar-refractivity contribution < 1.29 is 18.7 Å². The fourth-order valence-electron chi connectivity index (χ4n) is 2.38. The zero-order valence-corrected chi connectivity index (χ0v) is 11.3. The molecule has 4 nitrogen and oxygen atoms in total. The number of aromatic hydroxyl groups is 1. The van der Waals surface area contributed by atoms with Crippen molar-refractivity contribution in [3.63, 3.8) is 0 Å². The third-order valence-corrected chi connectivity index (χ3v) is 3.41. The monoisotopic (exact) mass is 284 g/mol. The van der Waals surface area contributed by atoms with Crippen molar-refractivity contribution in [2.45, 2.75) is 32.4 Å². The van der Waals surface area contributed by atoms with Crippen molar-refractivity contribution in [1.29, 1.82) is 0 Å². The summed E-state index contributed by atoms with van der Waals surface area (Å²) in [6.07, 6.45) is 2.48. The van der Waals surface area contributed by atoms with Crippen molar-refractivity contribution in [2.75, 3.05) is 13.1 Å². The zero-order chi connectivity index (χ0) is 14.7. The van der Waals surface area contributed by atoms with Gasteiger partial charge in [0.2, 0.25) is 5.91 Å². The highest BCUT2D eigenvalue weighted by Gasteiger charge is 2.31. The number of hydrogen-bond acceptors (Lipinski definition) is 3. The zero-order valence-electron chi connectivity index (χ0n) is 11.3. The molecule has 2 N–H and O–H groups in total. The van der Waals surface area contributed by atoms with Gasteiger partial charge in [-0.25, -0.2) is 8.78 Å². The summed E-state index contributed by atoms with van der Waals surface area (Å²) < 4.78 is 26.8. The van der Waals surface area contributed by atoms with Crippen molar-refractivity contribution in [3.05, 3.63) is 29.3 Å². The smallest absolute Gasteiger partial charge is 0.235 e. The molecular formula is C14H18F2N2O2. The quantitative estimate of drug-likeness (QED) is 0.816. The molecule has 0 saturated carbocycles. The molecule has 1 atom stereocenters. The molecule has 1 aliphatic heterocycles. The van der Waals surface area contributed by atoms with Gasteiger partial charge in [-0.15, -0.1) is 0 Å². The third kappa shape index (κ3) is 3.07. The van der Waals surface area contributed by atoms with E-state index in [1.807, 2.05) is 4.90 Å². The van der Waals surface area contributed by atoms with Crippen LogP contribution in [-0.4, -0.2) is 29.0 Å². The summed E-state index contributed by atoms with van der Waals surface area (Å²) >= 11 is 0. The summed E-state index contributed by atoms with van der Waals surface area (Å²) in [7, 11) is 0. The van der Waals surface area contributed by atoms with Gasteiger partial charge >= 0.3 is 0 Å². The molecule has 1 aromatic carbocycles. The Morgan fingerprint density at radius 2 is 2.00 bits per heavy atom. The lowest BCUT2D eigenvalue weighted by Gasteiger charge is -2.23. The largest absolute Gasteiger partial charge is 0.503 e. The van der Waals surface area contributed by atoms with E-state index in [0.29, 0.717) is 12.1 Å². The molecule has 110 valence electrons. The first kappa shape index (κ1) is 14.7. The van der Waals surface area contributed by atoms with E-state index < -0.39 is 23.5 Å². The van der Waals surface area contributed by atoms with Crippen LogP contribution in [0.5, 0.6) is 5.75 Å². The Morgan fingerprint density at radius 3 is 2.60 bits per heavy atom. The maximum atomic E-state index is 13.4. The number of rotatable bonds is 5. The number of phenols is 1. The predicted molar refractivity (Wildman–Crippen MR) is 70.0 cm³/mol. The van der Waals surface area contributed by atoms with Gasteiger partial charge < -0.3 is 10.4 Å². The SMILES string of the molecule is CCCCCN1CC(=O)N[C@H]1c1cc(F)c(O)c(F)c1. The van der Waals surface area contributed by atoms with Crippen LogP contribution < -0.4 is 5.32 Å². The predicted octanol–water partition coefficient (Wildman–Crippen LogP) is 2.29. The van der Waals surface area contributed by atoms with Crippen molar-refractivity contribution in [2.24, 2.45) is 0 Å². The molecule has 0 spiro atoms. The fraction of sp³-hybridized carbons (Fsp3) is 0.500. The average molecular weight is 284 g/mol. The van der Waals surface area contributed by atoms with Gasteiger partial charge in [0, 0.05) is 6.54 Å². The molecule has 1 fully saturated rings. The maximum absolute atomic E-state index is 13.4. The highest BCUT2D eigenvalue weighted by molar-refractivity contribution is 5.80. The molecule has 0 bridgehead atoms. The van der Waals surface area contributed by atoms with Gasteiger partial charge in [-0.05, 0) is 24.1 Å².